The Kier molecular flexibility index (Phi) is 6.31. The van der Waals surface area contributed by atoms with E-state index in [1.807, 2.05) is 25.1 Å². The summed E-state index contributed by atoms with van der Waals surface area (Å²) < 4.78 is 22.7. The lowest BCUT2D eigenvalue weighted by molar-refractivity contribution is 0.101. The Hall–Kier alpha value is -3.15. The summed E-state index contributed by atoms with van der Waals surface area (Å²) in [5, 5.41) is 1.09. The number of ether oxygens (including phenoxy) is 4. The molecule has 5 nitrogen and oxygen atoms in total. The number of carbonyl (C=O) groups excluding carboxylic acids is 1. The lowest BCUT2D eigenvalue weighted by Gasteiger charge is -2.12. The van der Waals surface area contributed by atoms with Crippen LogP contribution in [-0.4, -0.2) is 20.0 Å². The number of rotatable bonds is 6. The van der Waals surface area contributed by atoms with Gasteiger partial charge in [-0.05, 0) is 43.3 Å². The topological polar surface area (TPSA) is 54.0 Å². The molecule has 3 aromatic rings. The van der Waals surface area contributed by atoms with Crippen LogP contribution in [0.3, 0.4) is 0 Å². The Morgan fingerprint density at radius 3 is 2.53 bits per heavy atom. The molecule has 32 heavy (non-hydrogen) atoms. The number of halogens is 2. The fraction of sp³-hybridized carbons (Fsp3) is 0.160. The number of fused-ring (bicyclic) bond motifs is 1. The second-order valence-electron chi connectivity index (χ2n) is 7.11. The minimum absolute atomic E-state index is 0.201. The molecule has 0 radical (unpaired) electrons. The molecule has 1 aliphatic heterocycles. The van der Waals surface area contributed by atoms with Gasteiger partial charge in [0.2, 0.25) is 5.78 Å². The van der Waals surface area contributed by atoms with Crippen molar-refractivity contribution in [2.45, 2.75) is 13.5 Å². The van der Waals surface area contributed by atoms with Gasteiger partial charge in [0.25, 0.3) is 0 Å². The number of Topliss-reactive ketones (excluding diaryl/α,β-unsaturated/α-hetero) is 1. The van der Waals surface area contributed by atoms with Crippen molar-refractivity contribution in [3.63, 3.8) is 0 Å². The van der Waals surface area contributed by atoms with Gasteiger partial charge in [0.15, 0.2) is 17.3 Å². The first-order valence-electron chi connectivity index (χ1n) is 9.78. The molecule has 0 saturated heterocycles. The van der Waals surface area contributed by atoms with Crippen molar-refractivity contribution in [2.75, 3.05) is 14.2 Å². The molecule has 1 aliphatic rings. The van der Waals surface area contributed by atoms with Gasteiger partial charge in [0.05, 0.1) is 19.8 Å². The van der Waals surface area contributed by atoms with Gasteiger partial charge in [-0.3, -0.25) is 4.79 Å². The molecule has 4 rings (SSSR count). The lowest BCUT2D eigenvalue weighted by Crippen LogP contribution is -1.99. The van der Waals surface area contributed by atoms with E-state index in [0.29, 0.717) is 44.2 Å². The first-order chi connectivity index (χ1) is 15.4. The quantitative estimate of drug-likeness (QED) is 0.384. The van der Waals surface area contributed by atoms with Crippen molar-refractivity contribution in [3.05, 3.63) is 86.6 Å². The second kappa shape index (κ2) is 9.15. The fourth-order valence-corrected chi connectivity index (χ4v) is 3.95. The molecule has 0 bridgehead atoms. The summed E-state index contributed by atoms with van der Waals surface area (Å²) in [7, 11) is 3.11. The molecule has 0 saturated carbocycles. The zero-order valence-corrected chi connectivity index (χ0v) is 19.2. The number of benzene rings is 3. The highest BCUT2D eigenvalue weighted by Gasteiger charge is 2.30. The van der Waals surface area contributed by atoms with Crippen LogP contribution in [0.4, 0.5) is 0 Å². The Balaban J connectivity index is 1.61. The third-order valence-electron chi connectivity index (χ3n) is 5.15. The van der Waals surface area contributed by atoms with Crippen LogP contribution in [0.1, 0.15) is 27.0 Å². The summed E-state index contributed by atoms with van der Waals surface area (Å²) in [4.78, 5) is 12.9. The molecule has 0 spiro atoms. The summed E-state index contributed by atoms with van der Waals surface area (Å²) in [6.45, 7) is 2.10. The molecule has 0 fully saturated rings. The smallest absolute Gasteiger partial charge is 0.231 e. The van der Waals surface area contributed by atoms with Crippen molar-refractivity contribution in [1.82, 2.24) is 0 Å². The molecule has 0 amide bonds. The molecule has 164 valence electrons. The largest absolute Gasteiger partial charge is 0.493 e. The van der Waals surface area contributed by atoms with Crippen LogP contribution in [-0.2, 0) is 6.61 Å². The standard InChI is InChI=1S/C25H20Cl2O5/c1-14-20(31-13-16-7-8-17(26)12-19(16)27)10-9-18-23(28)22(32-24(14)18)11-15-5-4-6-21(29-2)25(15)30-3/h4-12H,13H2,1-3H3/b22-11-. The maximum Gasteiger partial charge on any atom is 0.231 e. The second-order valence-corrected chi connectivity index (χ2v) is 7.96. The van der Waals surface area contributed by atoms with Gasteiger partial charge >= 0.3 is 0 Å². The van der Waals surface area contributed by atoms with E-state index in [-0.39, 0.29) is 18.1 Å². The van der Waals surface area contributed by atoms with Crippen molar-refractivity contribution in [3.8, 4) is 23.0 Å². The number of carbonyl (C=O) groups is 1. The number of methoxy groups -OCH3 is 2. The number of hydrogen-bond donors (Lipinski definition) is 0. The van der Waals surface area contributed by atoms with Gasteiger partial charge in [-0.2, -0.15) is 0 Å². The maximum absolute atomic E-state index is 12.9. The molecule has 0 N–H and O–H groups in total. The third-order valence-corrected chi connectivity index (χ3v) is 5.74. The van der Waals surface area contributed by atoms with Gasteiger partial charge in [-0.25, -0.2) is 0 Å². The number of para-hydroxylation sites is 1. The van der Waals surface area contributed by atoms with Crippen LogP contribution >= 0.6 is 23.2 Å². The highest BCUT2D eigenvalue weighted by molar-refractivity contribution is 6.35. The first-order valence-corrected chi connectivity index (χ1v) is 10.5. The lowest BCUT2D eigenvalue weighted by atomic mass is 10.1. The van der Waals surface area contributed by atoms with Gasteiger partial charge in [0.1, 0.15) is 18.1 Å². The fourth-order valence-electron chi connectivity index (χ4n) is 3.49. The summed E-state index contributed by atoms with van der Waals surface area (Å²) in [6, 6.07) is 14.1. The van der Waals surface area contributed by atoms with E-state index in [2.05, 4.69) is 0 Å². The van der Waals surface area contributed by atoms with E-state index in [0.717, 1.165) is 11.1 Å². The number of allylic oxidation sites excluding steroid dienone is 1. The van der Waals surface area contributed by atoms with E-state index in [1.54, 1.807) is 50.6 Å². The van der Waals surface area contributed by atoms with E-state index < -0.39 is 0 Å². The highest BCUT2D eigenvalue weighted by Crippen LogP contribution is 2.41. The third kappa shape index (κ3) is 4.14. The van der Waals surface area contributed by atoms with Crippen LogP contribution in [0.15, 0.2) is 54.3 Å². The molecule has 3 aromatic carbocycles. The Bertz CT molecular complexity index is 1230. The van der Waals surface area contributed by atoms with Crippen LogP contribution < -0.4 is 18.9 Å². The normalized spacial score (nSPS) is 13.7. The monoisotopic (exact) mass is 470 g/mol. The molecular formula is C25H20Cl2O5. The minimum Gasteiger partial charge on any atom is -0.493 e. The molecule has 0 atom stereocenters. The summed E-state index contributed by atoms with van der Waals surface area (Å²) >= 11 is 12.2. The Morgan fingerprint density at radius 2 is 1.81 bits per heavy atom. The summed E-state index contributed by atoms with van der Waals surface area (Å²) in [5.41, 5.74) is 2.68. The molecule has 0 aromatic heterocycles. The zero-order valence-electron chi connectivity index (χ0n) is 17.7. The molecule has 0 aliphatic carbocycles. The number of hydrogen-bond acceptors (Lipinski definition) is 5. The van der Waals surface area contributed by atoms with E-state index in [1.165, 1.54) is 0 Å². The van der Waals surface area contributed by atoms with Crippen LogP contribution in [0.2, 0.25) is 10.0 Å². The summed E-state index contributed by atoms with van der Waals surface area (Å²) in [5.74, 6) is 2.16. The van der Waals surface area contributed by atoms with E-state index >= 15 is 0 Å². The zero-order chi connectivity index (χ0) is 22.8. The van der Waals surface area contributed by atoms with Crippen LogP contribution in [0.25, 0.3) is 6.08 Å². The minimum atomic E-state index is -0.208. The van der Waals surface area contributed by atoms with Gasteiger partial charge in [-0.15, -0.1) is 0 Å². The first kappa shape index (κ1) is 22.1. The van der Waals surface area contributed by atoms with Crippen LogP contribution in [0.5, 0.6) is 23.0 Å². The molecular weight excluding hydrogens is 451 g/mol. The Labute approximate surface area is 196 Å². The molecule has 7 heteroatoms. The highest BCUT2D eigenvalue weighted by atomic mass is 35.5. The average molecular weight is 471 g/mol. The van der Waals surface area contributed by atoms with Crippen molar-refractivity contribution in [1.29, 1.82) is 0 Å². The average Bonchev–Trinajstić information content (AvgIpc) is 3.10. The van der Waals surface area contributed by atoms with Crippen molar-refractivity contribution >= 4 is 35.1 Å². The molecule has 0 unspecified atom stereocenters. The van der Waals surface area contributed by atoms with E-state index in [4.69, 9.17) is 42.1 Å². The predicted molar refractivity (Wildman–Crippen MR) is 124 cm³/mol. The van der Waals surface area contributed by atoms with Crippen molar-refractivity contribution in [2.24, 2.45) is 0 Å². The summed E-state index contributed by atoms with van der Waals surface area (Å²) in [6.07, 6.45) is 1.65. The van der Waals surface area contributed by atoms with Gasteiger partial charge in [0, 0.05) is 26.7 Å². The number of ketones is 1. The van der Waals surface area contributed by atoms with E-state index in [9.17, 15) is 4.79 Å². The van der Waals surface area contributed by atoms with Crippen LogP contribution in [0, 0.1) is 6.92 Å². The van der Waals surface area contributed by atoms with Gasteiger partial charge < -0.3 is 18.9 Å². The van der Waals surface area contributed by atoms with Gasteiger partial charge in [-0.1, -0.05) is 41.4 Å². The maximum atomic E-state index is 12.9. The Morgan fingerprint density at radius 1 is 1.00 bits per heavy atom. The predicted octanol–water partition coefficient (Wildman–Crippen LogP) is 6.51. The van der Waals surface area contributed by atoms with Crippen molar-refractivity contribution < 1.29 is 23.7 Å². The SMILES string of the molecule is COc1cccc(/C=C2\Oc3c(ccc(OCc4ccc(Cl)cc4Cl)c3C)C2=O)c1OC. The molecule has 1 heterocycles.